The number of amides is 2. The lowest BCUT2D eigenvalue weighted by Crippen LogP contribution is -2.47. The van der Waals surface area contributed by atoms with Crippen molar-refractivity contribution in [1.29, 1.82) is 0 Å². The first-order valence-corrected chi connectivity index (χ1v) is 7.18. The van der Waals surface area contributed by atoms with Crippen molar-refractivity contribution >= 4 is 17.5 Å². The van der Waals surface area contributed by atoms with Gasteiger partial charge in [0.1, 0.15) is 6.04 Å². The van der Waals surface area contributed by atoms with Crippen LogP contribution in [-0.2, 0) is 9.59 Å². The summed E-state index contributed by atoms with van der Waals surface area (Å²) in [4.78, 5) is 23.9. The Bertz CT molecular complexity index is 529. The molecule has 2 N–H and O–H groups in total. The van der Waals surface area contributed by atoms with Gasteiger partial charge >= 0.3 is 0 Å². The van der Waals surface area contributed by atoms with Gasteiger partial charge in [0, 0.05) is 17.7 Å². The molecule has 0 spiro atoms. The molecule has 4 nitrogen and oxygen atoms in total. The molecule has 4 heteroatoms. The number of hydrogen-bond acceptors (Lipinski definition) is 2. The number of carbonyl (C=O) groups excluding carboxylic acids is 2. The summed E-state index contributed by atoms with van der Waals surface area (Å²) >= 11 is 0. The number of benzene rings is 1. The molecule has 0 fully saturated rings. The molecule has 112 valence electrons. The minimum absolute atomic E-state index is 0.0606. The highest BCUT2D eigenvalue weighted by molar-refractivity contribution is 5.97. The van der Waals surface area contributed by atoms with Crippen LogP contribution in [0.5, 0.6) is 0 Å². The van der Waals surface area contributed by atoms with Gasteiger partial charge in [-0.1, -0.05) is 33.1 Å². The van der Waals surface area contributed by atoms with Gasteiger partial charge in [0.15, 0.2) is 0 Å². The van der Waals surface area contributed by atoms with Crippen molar-refractivity contribution in [2.75, 3.05) is 5.32 Å². The molecule has 1 aromatic carbocycles. The largest absolute Gasteiger partial charge is 0.344 e. The molecule has 0 saturated heterocycles. The van der Waals surface area contributed by atoms with Crippen molar-refractivity contribution < 1.29 is 9.59 Å². The van der Waals surface area contributed by atoms with Gasteiger partial charge in [-0.05, 0) is 30.2 Å². The molecule has 0 aromatic heterocycles. The van der Waals surface area contributed by atoms with Crippen LogP contribution in [0.2, 0.25) is 0 Å². The first kappa shape index (κ1) is 16.8. The fourth-order valence-corrected chi connectivity index (χ4v) is 1.85. The second kappa shape index (κ2) is 8.11. The van der Waals surface area contributed by atoms with Crippen LogP contribution in [-0.4, -0.2) is 17.9 Å². The number of terminal acetylenes is 1. The average Bonchev–Trinajstić information content (AvgIpc) is 2.52. The molecule has 0 aliphatic rings. The topological polar surface area (TPSA) is 58.2 Å². The molecular formula is C17H22N2O2. The summed E-state index contributed by atoms with van der Waals surface area (Å²) in [5.41, 5.74) is 1.42. The Kier molecular flexibility index (Phi) is 6.48. The molecule has 0 radical (unpaired) electrons. The smallest absolute Gasteiger partial charge is 0.247 e. The van der Waals surface area contributed by atoms with Gasteiger partial charge in [-0.15, -0.1) is 6.42 Å². The van der Waals surface area contributed by atoms with E-state index in [9.17, 15) is 9.59 Å². The summed E-state index contributed by atoms with van der Waals surface area (Å²) in [6.07, 6.45) is 6.45. The van der Waals surface area contributed by atoms with E-state index in [0.29, 0.717) is 12.1 Å². The Hall–Kier alpha value is -2.28. The fraction of sp³-hybridized carbons (Fsp3) is 0.412. The van der Waals surface area contributed by atoms with Crippen molar-refractivity contribution in [2.24, 2.45) is 5.92 Å². The predicted octanol–water partition coefficient (Wildman–Crippen LogP) is 2.55. The lowest BCUT2D eigenvalue weighted by atomic mass is 9.98. The first-order chi connectivity index (χ1) is 10.0. The summed E-state index contributed by atoms with van der Waals surface area (Å²) in [5, 5.41) is 5.59. The molecular weight excluding hydrogens is 264 g/mol. The Morgan fingerprint density at radius 2 is 1.86 bits per heavy atom. The van der Waals surface area contributed by atoms with Crippen LogP contribution in [0.15, 0.2) is 24.3 Å². The summed E-state index contributed by atoms with van der Waals surface area (Å²) in [5.74, 6) is 2.25. The summed E-state index contributed by atoms with van der Waals surface area (Å²) in [6, 6.07) is 6.50. The fourth-order valence-electron chi connectivity index (χ4n) is 1.85. The van der Waals surface area contributed by atoms with Crippen molar-refractivity contribution in [3.8, 4) is 12.3 Å². The number of carbonyl (C=O) groups is 2. The Morgan fingerprint density at radius 1 is 1.24 bits per heavy atom. The van der Waals surface area contributed by atoms with Gasteiger partial charge in [0.05, 0.1) is 0 Å². The number of anilines is 1. The second-order valence-corrected chi connectivity index (χ2v) is 5.00. The predicted molar refractivity (Wildman–Crippen MR) is 84.7 cm³/mol. The standard InChI is InChI=1S/C17H22N2O2/c1-5-12(4)16(19-15(20)7-3)17(21)18-14-10-8-13(6-2)9-11-14/h2,8-12,16H,5,7H2,1,3-4H3,(H,18,21)(H,19,20)/t12-,16-/m0/s1. The highest BCUT2D eigenvalue weighted by Gasteiger charge is 2.25. The molecule has 0 aliphatic carbocycles. The van der Waals surface area contributed by atoms with Crippen LogP contribution in [0, 0.1) is 18.3 Å². The van der Waals surface area contributed by atoms with Gasteiger partial charge in [0.25, 0.3) is 0 Å². The summed E-state index contributed by atoms with van der Waals surface area (Å²) in [6.45, 7) is 5.70. The third-order valence-electron chi connectivity index (χ3n) is 3.45. The van der Waals surface area contributed by atoms with Gasteiger partial charge in [-0.2, -0.15) is 0 Å². The Balaban J connectivity index is 2.79. The van der Waals surface area contributed by atoms with Crippen molar-refractivity contribution in [1.82, 2.24) is 5.32 Å². The Labute approximate surface area is 126 Å². The maximum atomic E-state index is 12.4. The van der Waals surface area contributed by atoms with Gasteiger partial charge in [-0.3, -0.25) is 9.59 Å². The third kappa shape index (κ3) is 4.96. The molecule has 1 rings (SSSR count). The molecule has 2 atom stereocenters. The zero-order valence-electron chi connectivity index (χ0n) is 12.8. The lowest BCUT2D eigenvalue weighted by molar-refractivity contribution is -0.127. The van der Waals surface area contributed by atoms with Crippen molar-refractivity contribution in [3.05, 3.63) is 29.8 Å². The van der Waals surface area contributed by atoms with Gasteiger partial charge < -0.3 is 10.6 Å². The van der Waals surface area contributed by atoms with E-state index in [-0.39, 0.29) is 17.7 Å². The number of rotatable bonds is 6. The minimum atomic E-state index is -0.533. The first-order valence-electron chi connectivity index (χ1n) is 7.18. The molecule has 0 unspecified atom stereocenters. The van der Waals surface area contributed by atoms with E-state index in [4.69, 9.17) is 6.42 Å². The van der Waals surface area contributed by atoms with Crippen LogP contribution in [0.4, 0.5) is 5.69 Å². The zero-order chi connectivity index (χ0) is 15.8. The van der Waals surface area contributed by atoms with E-state index < -0.39 is 6.04 Å². The van der Waals surface area contributed by atoms with Crippen LogP contribution >= 0.6 is 0 Å². The molecule has 2 amide bonds. The number of nitrogens with one attached hydrogen (secondary N) is 2. The van der Waals surface area contributed by atoms with E-state index >= 15 is 0 Å². The molecule has 0 heterocycles. The summed E-state index contributed by atoms with van der Waals surface area (Å²) < 4.78 is 0. The monoisotopic (exact) mass is 286 g/mol. The number of hydrogen-bond donors (Lipinski definition) is 2. The van der Waals surface area contributed by atoms with Gasteiger partial charge in [-0.25, -0.2) is 0 Å². The van der Waals surface area contributed by atoms with E-state index in [2.05, 4.69) is 16.6 Å². The lowest BCUT2D eigenvalue weighted by Gasteiger charge is -2.23. The van der Waals surface area contributed by atoms with Crippen molar-refractivity contribution in [3.63, 3.8) is 0 Å². The van der Waals surface area contributed by atoms with E-state index in [1.54, 1.807) is 31.2 Å². The molecule has 0 bridgehead atoms. The van der Waals surface area contributed by atoms with E-state index in [0.717, 1.165) is 12.0 Å². The SMILES string of the molecule is C#Cc1ccc(NC(=O)[C@@H](NC(=O)CC)[C@@H](C)CC)cc1. The van der Waals surface area contributed by atoms with Crippen LogP contribution < -0.4 is 10.6 Å². The minimum Gasteiger partial charge on any atom is -0.344 e. The second-order valence-electron chi connectivity index (χ2n) is 5.00. The zero-order valence-corrected chi connectivity index (χ0v) is 12.8. The van der Waals surface area contributed by atoms with E-state index in [1.807, 2.05) is 13.8 Å². The highest BCUT2D eigenvalue weighted by atomic mass is 16.2. The van der Waals surface area contributed by atoms with Crippen LogP contribution in [0.25, 0.3) is 0 Å². The van der Waals surface area contributed by atoms with Crippen LogP contribution in [0.1, 0.15) is 39.2 Å². The Morgan fingerprint density at radius 3 is 2.33 bits per heavy atom. The molecule has 0 aliphatic heterocycles. The molecule has 21 heavy (non-hydrogen) atoms. The quantitative estimate of drug-likeness (QED) is 0.790. The molecule has 1 aromatic rings. The molecule has 0 saturated carbocycles. The normalized spacial score (nSPS) is 12.9. The summed E-state index contributed by atoms with van der Waals surface area (Å²) in [7, 11) is 0. The van der Waals surface area contributed by atoms with Gasteiger partial charge in [0.2, 0.25) is 11.8 Å². The van der Waals surface area contributed by atoms with E-state index in [1.165, 1.54) is 0 Å². The van der Waals surface area contributed by atoms with Crippen LogP contribution in [0.3, 0.4) is 0 Å². The van der Waals surface area contributed by atoms with Crippen molar-refractivity contribution in [2.45, 2.75) is 39.7 Å². The average molecular weight is 286 g/mol. The maximum absolute atomic E-state index is 12.4. The highest BCUT2D eigenvalue weighted by Crippen LogP contribution is 2.13. The maximum Gasteiger partial charge on any atom is 0.247 e. The third-order valence-corrected chi connectivity index (χ3v) is 3.45.